The largest absolute Gasteiger partial charge is 0.494 e. The zero-order chi connectivity index (χ0) is 21.3. The van der Waals surface area contributed by atoms with E-state index < -0.39 is 5.97 Å². The molecule has 0 atom stereocenters. The minimum atomic E-state index is -0.524. The van der Waals surface area contributed by atoms with Gasteiger partial charge in [-0.2, -0.15) is 0 Å². The molecule has 0 unspecified atom stereocenters. The number of ether oxygens (including phenoxy) is 2. The first kappa shape index (κ1) is 22.3. The summed E-state index contributed by atoms with van der Waals surface area (Å²) in [7, 11) is 0. The second-order valence-electron chi connectivity index (χ2n) is 8.43. The van der Waals surface area contributed by atoms with Crippen LogP contribution in [0, 0.1) is 11.8 Å². The first-order valence-electron chi connectivity index (χ1n) is 11.3. The van der Waals surface area contributed by atoms with E-state index >= 15 is 0 Å². The normalized spacial score (nSPS) is 15.7. The summed E-state index contributed by atoms with van der Waals surface area (Å²) in [6.07, 6.45) is 8.02. The summed E-state index contributed by atoms with van der Waals surface area (Å²) in [6, 6.07) is 7.23. The van der Waals surface area contributed by atoms with Crippen LogP contribution in [0.3, 0.4) is 0 Å². The molecule has 3 rings (SSSR count). The van der Waals surface area contributed by atoms with Crippen molar-refractivity contribution in [1.82, 2.24) is 5.32 Å². The molecule has 1 aromatic carbocycles. The summed E-state index contributed by atoms with van der Waals surface area (Å²) in [5.41, 5.74) is 0.540. The van der Waals surface area contributed by atoms with Crippen LogP contribution in [0.25, 0.3) is 0 Å². The molecule has 6 nitrogen and oxygen atoms in total. The zero-order valence-electron chi connectivity index (χ0n) is 17.9. The Balaban J connectivity index is 1.31. The summed E-state index contributed by atoms with van der Waals surface area (Å²) in [5.74, 6) is 1.04. The van der Waals surface area contributed by atoms with Crippen molar-refractivity contribution in [3.8, 4) is 5.75 Å². The van der Waals surface area contributed by atoms with E-state index in [1.165, 1.54) is 25.7 Å². The van der Waals surface area contributed by atoms with E-state index in [2.05, 4.69) is 12.2 Å². The van der Waals surface area contributed by atoms with Gasteiger partial charge in [-0.15, -0.1) is 0 Å². The highest BCUT2D eigenvalue weighted by Gasteiger charge is 2.42. The third-order valence-corrected chi connectivity index (χ3v) is 5.70. The Labute approximate surface area is 178 Å². The Morgan fingerprint density at radius 2 is 1.67 bits per heavy atom. The molecule has 0 radical (unpaired) electrons. The lowest BCUT2D eigenvalue weighted by Crippen LogP contribution is -2.40. The SMILES string of the molecule is CCCCCOc1ccc(C(=O)CCC(=O)OCC(=O)NC(C2CC2)C2CC2)cc1. The number of hydrogen-bond acceptors (Lipinski definition) is 5. The fourth-order valence-corrected chi connectivity index (χ4v) is 3.62. The topological polar surface area (TPSA) is 81.7 Å². The number of amides is 1. The second kappa shape index (κ2) is 11.1. The van der Waals surface area contributed by atoms with Crippen molar-refractivity contribution in [1.29, 1.82) is 0 Å². The van der Waals surface area contributed by atoms with Gasteiger partial charge in [-0.25, -0.2) is 0 Å². The van der Waals surface area contributed by atoms with E-state index in [1.54, 1.807) is 24.3 Å². The van der Waals surface area contributed by atoms with E-state index in [0.29, 0.717) is 24.0 Å². The molecule has 1 N–H and O–H groups in total. The first-order valence-corrected chi connectivity index (χ1v) is 11.3. The molecule has 30 heavy (non-hydrogen) atoms. The van der Waals surface area contributed by atoms with Crippen LogP contribution in [0.4, 0.5) is 0 Å². The fourth-order valence-electron chi connectivity index (χ4n) is 3.62. The molecule has 1 aromatic rings. The van der Waals surface area contributed by atoms with Crippen molar-refractivity contribution in [2.45, 2.75) is 70.8 Å². The Morgan fingerprint density at radius 3 is 2.27 bits per heavy atom. The van der Waals surface area contributed by atoms with Gasteiger partial charge in [0, 0.05) is 18.0 Å². The van der Waals surface area contributed by atoms with Crippen LogP contribution in [-0.4, -0.2) is 36.9 Å². The van der Waals surface area contributed by atoms with Crippen molar-refractivity contribution >= 4 is 17.7 Å². The minimum Gasteiger partial charge on any atom is -0.494 e. The van der Waals surface area contributed by atoms with Gasteiger partial charge in [-0.1, -0.05) is 19.8 Å². The summed E-state index contributed by atoms with van der Waals surface area (Å²) >= 11 is 0. The van der Waals surface area contributed by atoms with Crippen molar-refractivity contribution in [2.24, 2.45) is 11.8 Å². The number of ketones is 1. The molecule has 0 bridgehead atoms. The maximum atomic E-state index is 12.3. The van der Waals surface area contributed by atoms with E-state index in [-0.39, 0.29) is 37.2 Å². The van der Waals surface area contributed by atoms with Crippen molar-refractivity contribution < 1.29 is 23.9 Å². The third-order valence-electron chi connectivity index (χ3n) is 5.70. The lowest BCUT2D eigenvalue weighted by Gasteiger charge is -2.17. The van der Waals surface area contributed by atoms with Gasteiger partial charge in [0.1, 0.15) is 5.75 Å². The number of esters is 1. The van der Waals surface area contributed by atoms with Crippen molar-refractivity contribution in [3.05, 3.63) is 29.8 Å². The summed E-state index contributed by atoms with van der Waals surface area (Å²) in [5, 5.41) is 3.02. The number of carbonyl (C=O) groups is 3. The number of nitrogens with one attached hydrogen (secondary N) is 1. The van der Waals surface area contributed by atoms with Crippen LogP contribution in [-0.2, 0) is 14.3 Å². The highest BCUT2D eigenvalue weighted by Crippen LogP contribution is 2.44. The van der Waals surface area contributed by atoms with Gasteiger partial charge < -0.3 is 14.8 Å². The van der Waals surface area contributed by atoms with Gasteiger partial charge in [0.05, 0.1) is 13.0 Å². The van der Waals surface area contributed by atoms with E-state index in [0.717, 1.165) is 25.0 Å². The quantitative estimate of drug-likeness (QED) is 0.281. The van der Waals surface area contributed by atoms with E-state index in [4.69, 9.17) is 9.47 Å². The van der Waals surface area contributed by atoms with Gasteiger partial charge >= 0.3 is 5.97 Å². The molecule has 0 spiro atoms. The van der Waals surface area contributed by atoms with Crippen LogP contribution in [0.1, 0.15) is 75.1 Å². The highest BCUT2D eigenvalue weighted by atomic mass is 16.5. The lowest BCUT2D eigenvalue weighted by atomic mass is 10.1. The number of unbranched alkanes of at least 4 members (excludes halogenated alkanes) is 2. The van der Waals surface area contributed by atoms with Crippen LogP contribution in [0.2, 0.25) is 0 Å². The number of benzene rings is 1. The summed E-state index contributed by atoms with van der Waals surface area (Å²) < 4.78 is 10.7. The second-order valence-corrected chi connectivity index (χ2v) is 8.43. The maximum Gasteiger partial charge on any atom is 0.306 e. The molecule has 2 aliphatic rings. The van der Waals surface area contributed by atoms with Crippen molar-refractivity contribution in [3.63, 3.8) is 0 Å². The molecule has 2 aliphatic carbocycles. The predicted molar refractivity (Wildman–Crippen MR) is 113 cm³/mol. The zero-order valence-corrected chi connectivity index (χ0v) is 17.9. The third kappa shape index (κ3) is 7.47. The minimum absolute atomic E-state index is 0.0317. The molecule has 2 fully saturated rings. The van der Waals surface area contributed by atoms with Crippen molar-refractivity contribution in [2.75, 3.05) is 13.2 Å². The average Bonchev–Trinajstić information content (AvgIpc) is 3.65. The van der Waals surface area contributed by atoms with Gasteiger partial charge in [-0.3, -0.25) is 14.4 Å². The predicted octanol–water partition coefficient (Wildman–Crippen LogP) is 4.07. The monoisotopic (exact) mass is 415 g/mol. The van der Waals surface area contributed by atoms with Crippen LogP contribution < -0.4 is 10.1 Å². The van der Waals surface area contributed by atoms with Gasteiger partial charge in [0.15, 0.2) is 12.4 Å². The number of Topliss-reactive ketones (excluding diaryl/α,β-unsaturated/α-hetero) is 1. The van der Waals surface area contributed by atoms with E-state index in [9.17, 15) is 14.4 Å². The summed E-state index contributed by atoms with van der Waals surface area (Å²) in [4.78, 5) is 36.2. The smallest absolute Gasteiger partial charge is 0.306 e. The Morgan fingerprint density at radius 1 is 1.00 bits per heavy atom. The molecule has 1 amide bonds. The van der Waals surface area contributed by atoms with Crippen LogP contribution in [0.5, 0.6) is 5.75 Å². The molecular formula is C24H33NO5. The summed E-state index contributed by atoms with van der Waals surface area (Å²) in [6.45, 7) is 2.54. The molecule has 0 heterocycles. The molecule has 0 aromatic heterocycles. The Hall–Kier alpha value is -2.37. The van der Waals surface area contributed by atoms with E-state index in [1.807, 2.05) is 0 Å². The Kier molecular flexibility index (Phi) is 8.29. The number of hydrogen-bond donors (Lipinski definition) is 1. The molecule has 164 valence electrons. The van der Waals surface area contributed by atoms with Crippen LogP contribution >= 0.6 is 0 Å². The average molecular weight is 416 g/mol. The molecule has 6 heteroatoms. The van der Waals surface area contributed by atoms with Gasteiger partial charge in [-0.05, 0) is 68.2 Å². The maximum absolute atomic E-state index is 12.3. The number of rotatable bonds is 14. The lowest BCUT2D eigenvalue weighted by molar-refractivity contribution is -0.148. The molecular weight excluding hydrogens is 382 g/mol. The Bertz CT molecular complexity index is 710. The first-order chi connectivity index (χ1) is 14.6. The number of carbonyl (C=O) groups excluding carboxylic acids is 3. The molecule has 0 saturated heterocycles. The van der Waals surface area contributed by atoms with Crippen LogP contribution in [0.15, 0.2) is 24.3 Å². The standard InChI is InChI=1S/C24H33NO5/c1-2-3-4-15-29-20-11-9-17(10-12-20)21(26)13-14-23(28)30-16-22(27)25-24(18-5-6-18)19-7-8-19/h9-12,18-19,24H,2-8,13-16H2,1H3,(H,25,27). The fraction of sp³-hybridized carbons (Fsp3) is 0.625. The molecule has 2 saturated carbocycles. The molecule has 0 aliphatic heterocycles. The van der Waals surface area contributed by atoms with Gasteiger partial charge in [0.25, 0.3) is 5.91 Å². The highest BCUT2D eigenvalue weighted by molar-refractivity contribution is 5.97. The van der Waals surface area contributed by atoms with Gasteiger partial charge in [0.2, 0.25) is 0 Å².